The Morgan fingerprint density at radius 3 is 3.19 bits per heavy atom. The summed E-state index contributed by atoms with van der Waals surface area (Å²) in [6.07, 6.45) is 5.54. The monoisotopic (exact) mass is 357 g/mol. The highest BCUT2D eigenvalue weighted by Crippen LogP contribution is 2.39. The SMILES string of the molecule is CCOC(=O)C12CCCNC1CCN(C(=O)c1cnc3cccnn13)C2. The van der Waals surface area contributed by atoms with Crippen molar-refractivity contribution in [2.75, 3.05) is 26.2 Å². The fraction of sp³-hybridized carbons (Fsp3) is 0.556. The first-order valence-corrected chi connectivity index (χ1v) is 9.14. The maximum atomic E-state index is 13.1. The van der Waals surface area contributed by atoms with Crippen LogP contribution < -0.4 is 5.32 Å². The van der Waals surface area contributed by atoms with Gasteiger partial charge >= 0.3 is 5.97 Å². The summed E-state index contributed by atoms with van der Waals surface area (Å²) in [5.74, 6) is -0.352. The Bertz CT molecular complexity index is 835. The van der Waals surface area contributed by atoms with Gasteiger partial charge in [-0.2, -0.15) is 5.10 Å². The van der Waals surface area contributed by atoms with Gasteiger partial charge in [-0.15, -0.1) is 0 Å². The van der Waals surface area contributed by atoms with Gasteiger partial charge in [0.25, 0.3) is 5.91 Å². The largest absolute Gasteiger partial charge is 0.465 e. The molecular weight excluding hydrogens is 334 g/mol. The molecule has 2 aromatic rings. The first kappa shape index (κ1) is 17.0. The van der Waals surface area contributed by atoms with E-state index < -0.39 is 5.41 Å². The van der Waals surface area contributed by atoms with Crippen LogP contribution in [0.4, 0.5) is 0 Å². The number of ether oxygens (including phenoxy) is 1. The van der Waals surface area contributed by atoms with Crippen LogP contribution in [0.25, 0.3) is 5.65 Å². The molecule has 0 aliphatic carbocycles. The third-order valence-electron chi connectivity index (χ3n) is 5.48. The van der Waals surface area contributed by atoms with Crippen molar-refractivity contribution in [3.05, 3.63) is 30.2 Å². The van der Waals surface area contributed by atoms with Crippen LogP contribution in [-0.4, -0.2) is 63.7 Å². The molecule has 2 unspecified atom stereocenters. The third kappa shape index (κ3) is 2.65. The van der Waals surface area contributed by atoms with E-state index in [1.54, 1.807) is 33.9 Å². The summed E-state index contributed by atoms with van der Waals surface area (Å²) >= 11 is 0. The van der Waals surface area contributed by atoms with Crippen molar-refractivity contribution in [2.24, 2.45) is 5.41 Å². The lowest BCUT2D eigenvalue weighted by Crippen LogP contribution is -2.64. The van der Waals surface area contributed by atoms with Crippen LogP contribution in [0, 0.1) is 5.41 Å². The molecular formula is C18H23N5O3. The van der Waals surface area contributed by atoms with Crippen LogP contribution in [-0.2, 0) is 9.53 Å². The molecule has 8 nitrogen and oxygen atoms in total. The number of carbonyl (C=O) groups is 2. The fourth-order valence-electron chi connectivity index (χ4n) is 4.22. The zero-order valence-electron chi connectivity index (χ0n) is 14.9. The number of aromatic nitrogens is 3. The van der Waals surface area contributed by atoms with Crippen molar-refractivity contribution >= 4 is 17.5 Å². The molecule has 4 rings (SSSR count). The molecule has 2 aliphatic rings. The fourth-order valence-corrected chi connectivity index (χ4v) is 4.22. The van der Waals surface area contributed by atoms with Gasteiger partial charge in [0.1, 0.15) is 5.41 Å². The van der Waals surface area contributed by atoms with E-state index in [1.165, 1.54) is 0 Å². The van der Waals surface area contributed by atoms with Crippen molar-refractivity contribution < 1.29 is 14.3 Å². The van der Waals surface area contributed by atoms with Gasteiger partial charge in [-0.05, 0) is 44.9 Å². The third-order valence-corrected chi connectivity index (χ3v) is 5.48. The molecule has 0 aromatic carbocycles. The molecule has 8 heteroatoms. The van der Waals surface area contributed by atoms with Crippen LogP contribution in [0.5, 0.6) is 0 Å². The quantitative estimate of drug-likeness (QED) is 0.820. The molecule has 2 saturated heterocycles. The molecule has 26 heavy (non-hydrogen) atoms. The summed E-state index contributed by atoms with van der Waals surface area (Å²) in [4.78, 5) is 31.9. The Labute approximate surface area is 151 Å². The zero-order valence-corrected chi connectivity index (χ0v) is 14.9. The van der Waals surface area contributed by atoms with Crippen LogP contribution in [0.1, 0.15) is 36.7 Å². The van der Waals surface area contributed by atoms with Crippen LogP contribution >= 0.6 is 0 Å². The van der Waals surface area contributed by atoms with E-state index in [0.717, 1.165) is 25.8 Å². The lowest BCUT2D eigenvalue weighted by molar-refractivity contribution is -0.162. The molecule has 1 N–H and O–H groups in total. The standard InChI is InChI=1S/C18H23N5O3/c1-2-26-17(25)18-7-4-8-19-14(18)6-10-22(12-18)16(24)13-11-20-15-5-3-9-21-23(13)15/h3,5,9,11,14,19H,2,4,6-8,10,12H2,1H3. The van der Waals surface area contributed by atoms with Gasteiger partial charge in [0, 0.05) is 25.3 Å². The van der Waals surface area contributed by atoms with E-state index in [-0.39, 0.29) is 17.9 Å². The van der Waals surface area contributed by atoms with E-state index >= 15 is 0 Å². The molecule has 0 radical (unpaired) electrons. The second-order valence-corrected chi connectivity index (χ2v) is 6.94. The minimum Gasteiger partial charge on any atom is -0.465 e. The number of amides is 1. The lowest BCUT2D eigenvalue weighted by atomic mass is 9.70. The van der Waals surface area contributed by atoms with Gasteiger partial charge in [-0.3, -0.25) is 9.59 Å². The van der Waals surface area contributed by atoms with Crippen molar-refractivity contribution in [2.45, 2.75) is 32.2 Å². The summed E-state index contributed by atoms with van der Waals surface area (Å²) in [6, 6.07) is 3.65. The zero-order chi connectivity index (χ0) is 18.1. The Hall–Kier alpha value is -2.48. The molecule has 2 aliphatic heterocycles. The minimum absolute atomic E-state index is 0.0552. The van der Waals surface area contributed by atoms with Gasteiger partial charge in [-0.25, -0.2) is 9.50 Å². The number of nitrogens with one attached hydrogen (secondary N) is 1. The highest BCUT2D eigenvalue weighted by Gasteiger charge is 2.52. The highest BCUT2D eigenvalue weighted by molar-refractivity contribution is 5.94. The predicted molar refractivity (Wildman–Crippen MR) is 93.6 cm³/mol. The number of carbonyl (C=O) groups excluding carboxylic acids is 2. The Kier molecular flexibility index (Phi) is 4.36. The molecule has 2 fully saturated rings. The van der Waals surface area contributed by atoms with E-state index in [9.17, 15) is 9.59 Å². The minimum atomic E-state index is -0.671. The Morgan fingerprint density at radius 1 is 1.46 bits per heavy atom. The number of hydrogen-bond donors (Lipinski definition) is 1. The van der Waals surface area contributed by atoms with Crippen molar-refractivity contribution in [3.8, 4) is 0 Å². The summed E-state index contributed by atoms with van der Waals surface area (Å²) in [5.41, 5.74) is 0.378. The van der Waals surface area contributed by atoms with Crippen LogP contribution in [0.15, 0.2) is 24.5 Å². The molecule has 0 saturated carbocycles. The number of rotatable bonds is 3. The number of likely N-dealkylation sites (tertiary alicyclic amines) is 1. The van der Waals surface area contributed by atoms with Gasteiger partial charge in [0.2, 0.25) is 0 Å². The maximum absolute atomic E-state index is 13.1. The van der Waals surface area contributed by atoms with Crippen molar-refractivity contribution in [3.63, 3.8) is 0 Å². The van der Waals surface area contributed by atoms with Gasteiger partial charge in [0.05, 0.1) is 12.8 Å². The lowest BCUT2D eigenvalue weighted by Gasteiger charge is -2.49. The predicted octanol–water partition coefficient (Wildman–Crippen LogP) is 0.877. The number of imidazole rings is 1. The number of nitrogens with zero attached hydrogens (tertiary/aromatic N) is 4. The van der Waals surface area contributed by atoms with Gasteiger partial charge < -0.3 is 15.0 Å². The molecule has 2 atom stereocenters. The van der Waals surface area contributed by atoms with E-state index in [2.05, 4.69) is 15.4 Å². The Morgan fingerprint density at radius 2 is 2.35 bits per heavy atom. The molecule has 4 heterocycles. The average molecular weight is 357 g/mol. The summed E-state index contributed by atoms with van der Waals surface area (Å²) in [5, 5.41) is 7.68. The average Bonchev–Trinajstić information content (AvgIpc) is 3.11. The number of esters is 1. The second-order valence-electron chi connectivity index (χ2n) is 6.94. The maximum Gasteiger partial charge on any atom is 0.315 e. The van der Waals surface area contributed by atoms with E-state index in [4.69, 9.17) is 4.74 Å². The van der Waals surface area contributed by atoms with Crippen molar-refractivity contribution in [1.82, 2.24) is 24.8 Å². The Balaban J connectivity index is 1.63. The van der Waals surface area contributed by atoms with E-state index in [1.807, 2.05) is 6.92 Å². The second kappa shape index (κ2) is 6.68. The molecule has 1 amide bonds. The summed E-state index contributed by atoms with van der Waals surface area (Å²) < 4.78 is 6.93. The normalized spacial score (nSPS) is 25.7. The first-order valence-electron chi connectivity index (χ1n) is 9.14. The summed E-state index contributed by atoms with van der Waals surface area (Å²) in [6.45, 7) is 4.02. The molecule has 2 aromatic heterocycles. The van der Waals surface area contributed by atoms with E-state index in [0.29, 0.717) is 31.0 Å². The number of hydrogen-bond acceptors (Lipinski definition) is 6. The van der Waals surface area contributed by atoms with Gasteiger partial charge in [0.15, 0.2) is 11.3 Å². The molecule has 0 bridgehead atoms. The molecule has 0 spiro atoms. The van der Waals surface area contributed by atoms with Gasteiger partial charge in [-0.1, -0.05) is 0 Å². The van der Waals surface area contributed by atoms with Crippen LogP contribution in [0.2, 0.25) is 0 Å². The topological polar surface area (TPSA) is 88.8 Å². The summed E-state index contributed by atoms with van der Waals surface area (Å²) in [7, 11) is 0. The number of fused-ring (bicyclic) bond motifs is 2. The highest BCUT2D eigenvalue weighted by atomic mass is 16.5. The number of piperidine rings is 2. The van der Waals surface area contributed by atoms with Crippen LogP contribution in [0.3, 0.4) is 0 Å². The first-order chi connectivity index (χ1) is 12.7. The van der Waals surface area contributed by atoms with Crippen molar-refractivity contribution in [1.29, 1.82) is 0 Å². The molecule has 138 valence electrons. The smallest absolute Gasteiger partial charge is 0.315 e.